The zero-order chi connectivity index (χ0) is 19.4. The van der Waals surface area contributed by atoms with Crippen LogP contribution in [-0.2, 0) is 18.0 Å². The third-order valence-corrected chi connectivity index (χ3v) is 7.70. The largest absolute Gasteiger partial charge is 0.250 e. The van der Waals surface area contributed by atoms with Crippen molar-refractivity contribution < 1.29 is 0 Å². The smallest absolute Gasteiger partial charge is 0.242 e. The molecule has 4 fully saturated rings. The van der Waals surface area contributed by atoms with Crippen LogP contribution >= 0.6 is 11.6 Å². The van der Waals surface area contributed by atoms with E-state index in [2.05, 4.69) is 20.2 Å². The lowest BCUT2D eigenvalue weighted by Crippen LogP contribution is -2.58. The first-order valence-corrected chi connectivity index (χ1v) is 10.5. The first-order valence-electron chi connectivity index (χ1n) is 10.1. The monoisotopic (exact) mass is 409 g/mol. The molecule has 0 radical (unpaired) electrons. The van der Waals surface area contributed by atoms with Gasteiger partial charge in [0.2, 0.25) is 5.28 Å². The molecule has 4 aromatic heterocycles. The molecule has 10 heteroatoms. The fraction of sp³-hybridized carbons (Fsp3) is 0.579. The van der Waals surface area contributed by atoms with Gasteiger partial charge in [-0.15, -0.1) is 10.2 Å². The third kappa shape index (κ3) is 2.06. The van der Waals surface area contributed by atoms with Crippen molar-refractivity contribution >= 4 is 28.3 Å². The Labute approximate surface area is 171 Å². The molecule has 4 heterocycles. The molecule has 4 bridgehead atoms. The molecule has 4 saturated carbocycles. The van der Waals surface area contributed by atoms with Gasteiger partial charge in [0.1, 0.15) is 12.7 Å². The molecule has 0 amide bonds. The summed E-state index contributed by atoms with van der Waals surface area (Å²) < 4.78 is 5.63. The van der Waals surface area contributed by atoms with Crippen molar-refractivity contribution in [2.45, 2.75) is 49.5 Å². The van der Waals surface area contributed by atoms with E-state index in [1.54, 1.807) is 11.0 Å². The molecule has 4 aliphatic carbocycles. The van der Waals surface area contributed by atoms with Crippen molar-refractivity contribution in [3.8, 4) is 0 Å². The minimum atomic E-state index is -0.0247. The Kier molecular flexibility index (Phi) is 2.88. The SMILES string of the molecule is Cn1ncc2c1ncn1nc(C34C[C@@H]5C[C@@H](C3)CC(n3cnc(Cl)n3)(C5)C4)nc21. The Hall–Kier alpha value is -2.55. The molecule has 4 aromatic rings. The van der Waals surface area contributed by atoms with Crippen LogP contribution in [0.4, 0.5) is 0 Å². The van der Waals surface area contributed by atoms with Gasteiger partial charge in [0, 0.05) is 12.5 Å². The molecule has 8 rings (SSSR count). The van der Waals surface area contributed by atoms with Gasteiger partial charge in [-0.3, -0.25) is 4.68 Å². The van der Waals surface area contributed by atoms with E-state index in [9.17, 15) is 0 Å². The lowest BCUT2D eigenvalue weighted by Gasteiger charge is -2.60. The van der Waals surface area contributed by atoms with E-state index in [4.69, 9.17) is 21.7 Å². The summed E-state index contributed by atoms with van der Waals surface area (Å²) in [6, 6.07) is 0. The zero-order valence-electron chi connectivity index (χ0n) is 16.0. The van der Waals surface area contributed by atoms with E-state index in [1.807, 2.05) is 28.8 Å². The maximum absolute atomic E-state index is 6.08. The molecule has 148 valence electrons. The second-order valence-electron chi connectivity index (χ2n) is 9.38. The van der Waals surface area contributed by atoms with Crippen molar-refractivity contribution in [3.05, 3.63) is 30.0 Å². The molecule has 0 saturated heterocycles. The number of hydrogen-bond donors (Lipinski definition) is 0. The van der Waals surface area contributed by atoms with Crippen LogP contribution in [0, 0.1) is 11.8 Å². The molecule has 9 nitrogen and oxygen atoms in total. The van der Waals surface area contributed by atoms with Crippen molar-refractivity contribution in [1.29, 1.82) is 0 Å². The molecular weight excluding hydrogens is 390 g/mol. The van der Waals surface area contributed by atoms with Crippen LogP contribution in [-0.4, -0.2) is 44.1 Å². The second kappa shape index (κ2) is 5.13. The van der Waals surface area contributed by atoms with Crippen LogP contribution in [0.25, 0.3) is 16.7 Å². The fourth-order valence-corrected chi connectivity index (χ4v) is 7.00. The summed E-state index contributed by atoms with van der Waals surface area (Å²) in [5.74, 6) is 2.28. The second-order valence-corrected chi connectivity index (χ2v) is 9.72. The van der Waals surface area contributed by atoms with Gasteiger partial charge in [-0.2, -0.15) is 5.10 Å². The summed E-state index contributed by atoms with van der Waals surface area (Å²) in [5.41, 5.74) is 1.62. The van der Waals surface area contributed by atoms with Gasteiger partial charge < -0.3 is 0 Å². The molecule has 0 spiro atoms. The van der Waals surface area contributed by atoms with Crippen LogP contribution < -0.4 is 0 Å². The summed E-state index contributed by atoms with van der Waals surface area (Å²) in [5, 5.41) is 15.1. The summed E-state index contributed by atoms with van der Waals surface area (Å²) in [7, 11) is 1.90. The van der Waals surface area contributed by atoms with Gasteiger partial charge in [-0.25, -0.2) is 24.1 Å². The maximum atomic E-state index is 6.08. The van der Waals surface area contributed by atoms with Gasteiger partial charge in [-0.05, 0) is 62.0 Å². The molecule has 29 heavy (non-hydrogen) atoms. The number of aromatic nitrogens is 9. The number of halogens is 1. The van der Waals surface area contributed by atoms with E-state index in [-0.39, 0.29) is 11.0 Å². The molecule has 4 aliphatic rings. The predicted molar refractivity (Wildman–Crippen MR) is 104 cm³/mol. The molecule has 0 N–H and O–H groups in total. The predicted octanol–water partition coefficient (Wildman–Crippen LogP) is 2.50. The summed E-state index contributed by atoms with van der Waals surface area (Å²) in [6.45, 7) is 0. The highest BCUT2D eigenvalue weighted by Gasteiger charge is 2.61. The fourth-order valence-electron chi connectivity index (χ4n) is 6.88. The van der Waals surface area contributed by atoms with Crippen LogP contribution in [0.15, 0.2) is 18.9 Å². The van der Waals surface area contributed by atoms with Crippen molar-refractivity contribution in [2.75, 3.05) is 0 Å². The van der Waals surface area contributed by atoms with Gasteiger partial charge in [0.15, 0.2) is 17.1 Å². The summed E-state index contributed by atoms with van der Waals surface area (Å²) >= 11 is 6.08. The molecular formula is C19H20ClN9. The third-order valence-electron chi connectivity index (χ3n) is 7.52. The highest BCUT2D eigenvalue weighted by Crippen LogP contribution is 2.64. The van der Waals surface area contributed by atoms with E-state index >= 15 is 0 Å². The maximum Gasteiger partial charge on any atom is 0.242 e. The minimum absolute atomic E-state index is 0.0242. The average Bonchev–Trinajstić information content (AvgIpc) is 3.39. The highest BCUT2D eigenvalue weighted by atomic mass is 35.5. The summed E-state index contributed by atoms with van der Waals surface area (Å²) in [6.07, 6.45) is 12.3. The molecule has 2 atom stereocenters. The number of fused-ring (bicyclic) bond motifs is 3. The number of rotatable bonds is 2. The molecule has 0 aromatic carbocycles. The summed E-state index contributed by atoms with van der Waals surface area (Å²) in [4.78, 5) is 13.8. The number of aryl methyl sites for hydroxylation is 1. The van der Waals surface area contributed by atoms with E-state index in [0.717, 1.165) is 54.6 Å². The lowest BCUT2D eigenvalue weighted by molar-refractivity contribution is -0.0715. The van der Waals surface area contributed by atoms with Gasteiger partial charge in [-0.1, -0.05) is 0 Å². The van der Waals surface area contributed by atoms with Gasteiger partial charge in [0.05, 0.1) is 17.1 Å². The quantitative estimate of drug-likeness (QED) is 0.505. The topological polar surface area (TPSA) is 91.6 Å². The van der Waals surface area contributed by atoms with Crippen LogP contribution in [0.3, 0.4) is 0 Å². The Morgan fingerprint density at radius 1 is 1.03 bits per heavy atom. The van der Waals surface area contributed by atoms with Crippen LogP contribution in [0.2, 0.25) is 5.28 Å². The lowest BCUT2D eigenvalue weighted by atomic mass is 9.46. The zero-order valence-corrected chi connectivity index (χ0v) is 16.8. The van der Waals surface area contributed by atoms with E-state index < -0.39 is 0 Å². The first-order chi connectivity index (χ1) is 14.0. The van der Waals surface area contributed by atoms with Crippen LogP contribution in [0.1, 0.15) is 44.3 Å². The highest BCUT2D eigenvalue weighted by molar-refractivity contribution is 6.28. The number of hydrogen-bond acceptors (Lipinski definition) is 6. The Bertz CT molecular complexity index is 1270. The van der Waals surface area contributed by atoms with Gasteiger partial charge in [0.25, 0.3) is 0 Å². The molecule has 0 unspecified atom stereocenters. The first kappa shape index (κ1) is 16.3. The average molecular weight is 410 g/mol. The van der Waals surface area contributed by atoms with Crippen molar-refractivity contribution in [1.82, 2.24) is 44.1 Å². The normalized spacial score (nSPS) is 33.3. The van der Waals surface area contributed by atoms with Crippen molar-refractivity contribution in [3.63, 3.8) is 0 Å². The Morgan fingerprint density at radius 2 is 1.86 bits per heavy atom. The van der Waals surface area contributed by atoms with E-state index in [0.29, 0.717) is 17.1 Å². The van der Waals surface area contributed by atoms with Crippen molar-refractivity contribution in [2.24, 2.45) is 18.9 Å². The van der Waals surface area contributed by atoms with E-state index in [1.165, 1.54) is 6.42 Å². The van der Waals surface area contributed by atoms with Crippen LogP contribution in [0.5, 0.6) is 0 Å². The Balaban J connectivity index is 1.40. The van der Waals surface area contributed by atoms with Gasteiger partial charge >= 0.3 is 0 Å². The minimum Gasteiger partial charge on any atom is -0.250 e. The number of nitrogens with zero attached hydrogens (tertiary/aromatic N) is 9. The standard InChI is InChI=1S/C19H20ClN9/c1-27-14-13(7-23-27)15-24-16(25-28(15)9-21-14)18-3-11-2-12(4-18)6-19(5-11,8-18)29-10-22-17(20)26-29/h7,9-12H,2-6,8H2,1H3/t11-,12-,18?,19?/m0/s1. The Morgan fingerprint density at radius 3 is 2.62 bits per heavy atom. The molecule has 0 aliphatic heterocycles.